The highest BCUT2D eigenvalue weighted by atomic mass is 16.1. The van der Waals surface area contributed by atoms with Crippen LogP contribution in [0.15, 0.2) is 24.3 Å². The molecule has 0 saturated heterocycles. The summed E-state index contributed by atoms with van der Waals surface area (Å²) in [6, 6.07) is 0.104. The van der Waals surface area contributed by atoms with Crippen molar-refractivity contribution in [3.05, 3.63) is 24.3 Å². The van der Waals surface area contributed by atoms with Crippen molar-refractivity contribution >= 4 is 5.91 Å². The molecule has 0 aliphatic heterocycles. The molecule has 15 heavy (non-hydrogen) atoms. The molecular weight excluding hydrogens is 188 g/mol. The van der Waals surface area contributed by atoms with E-state index in [1.807, 2.05) is 19.1 Å². The molecular formula is C12H22N2O. The van der Waals surface area contributed by atoms with E-state index in [0.29, 0.717) is 6.54 Å². The van der Waals surface area contributed by atoms with Crippen LogP contribution in [0.5, 0.6) is 0 Å². The molecule has 0 fully saturated rings. The standard InChI is InChI=1S/C12H22N2O/c1-3-5-7-9-12(15)14-11(10-13)8-6-4-2/h3,5,7,9,11H,4,6,8,10,13H2,1-2H3,(H,14,15)/b5-3?,9-7+. The first-order chi connectivity index (χ1) is 7.24. The average molecular weight is 210 g/mol. The molecule has 0 aromatic carbocycles. The number of unbranched alkanes of at least 4 members (excludes halogenated alkanes) is 1. The zero-order chi connectivity index (χ0) is 11.5. The highest BCUT2D eigenvalue weighted by Crippen LogP contribution is 1.99. The van der Waals surface area contributed by atoms with Crippen molar-refractivity contribution in [1.82, 2.24) is 5.32 Å². The fourth-order valence-electron chi connectivity index (χ4n) is 1.20. The number of amides is 1. The topological polar surface area (TPSA) is 55.1 Å². The number of carbonyl (C=O) groups is 1. The van der Waals surface area contributed by atoms with Crippen LogP contribution < -0.4 is 11.1 Å². The van der Waals surface area contributed by atoms with Crippen molar-refractivity contribution in [2.24, 2.45) is 5.73 Å². The molecule has 1 amide bonds. The first-order valence-corrected chi connectivity index (χ1v) is 5.54. The van der Waals surface area contributed by atoms with Gasteiger partial charge in [-0.3, -0.25) is 4.79 Å². The number of carbonyl (C=O) groups excluding carboxylic acids is 1. The Morgan fingerprint density at radius 1 is 1.47 bits per heavy atom. The summed E-state index contributed by atoms with van der Waals surface area (Å²) in [4.78, 5) is 11.4. The van der Waals surface area contributed by atoms with E-state index in [4.69, 9.17) is 5.73 Å². The summed E-state index contributed by atoms with van der Waals surface area (Å²) in [5.74, 6) is -0.0698. The molecule has 0 aliphatic rings. The highest BCUT2D eigenvalue weighted by molar-refractivity contribution is 5.87. The average Bonchev–Trinajstić information content (AvgIpc) is 2.24. The van der Waals surface area contributed by atoms with Crippen molar-refractivity contribution < 1.29 is 4.79 Å². The monoisotopic (exact) mass is 210 g/mol. The van der Waals surface area contributed by atoms with Crippen molar-refractivity contribution in [3.63, 3.8) is 0 Å². The van der Waals surface area contributed by atoms with Crippen molar-refractivity contribution in [2.75, 3.05) is 6.54 Å². The van der Waals surface area contributed by atoms with Gasteiger partial charge in [0.2, 0.25) is 5.91 Å². The maximum Gasteiger partial charge on any atom is 0.244 e. The number of hydrogen-bond donors (Lipinski definition) is 2. The van der Waals surface area contributed by atoms with Crippen LogP contribution in [0.1, 0.15) is 33.1 Å². The van der Waals surface area contributed by atoms with Crippen LogP contribution in [0.4, 0.5) is 0 Å². The molecule has 3 heteroatoms. The lowest BCUT2D eigenvalue weighted by Gasteiger charge is -2.14. The van der Waals surface area contributed by atoms with Crippen LogP contribution in [0, 0.1) is 0 Å². The lowest BCUT2D eigenvalue weighted by Crippen LogP contribution is -2.39. The molecule has 3 nitrogen and oxygen atoms in total. The summed E-state index contributed by atoms with van der Waals surface area (Å²) in [5.41, 5.74) is 5.56. The van der Waals surface area contributed by atoms with Gasteiger partial charge < -0.3 is 11.1 Å². The normalized spacial score (nSPS) is 13.5. The lowest BCUT2D eigenvalue weighted by atomic mass is 10.1. The van der Waals surface area contributed by atoms with E-state index in [1.165, 1.54) is 6.08 Å². The van der Waals surface area contributed by atoms with Gasteiger partial charge in [0.05, 0.1) is 0 Å². The van der Waals surface area contributed by atoms with Crippen LogP contribution in [0.3, 0.4) is 0 Å². The fourth-order valence-corrected chi connectivity index (χ4v) is 1.20. The van der Waals surface area contributed by atoms with Crippen LogP contribution >= 0.6 is 0 Å². The number of hydrogen-bond acceptors (Lipinski definition) is 2. The van der Waals surface area contributed by atoms with Crippen molar-refractivity contribution in [3.8, 4) is 0 Å². The van der Waals surface area contributed by atoms with Gasteiger partial charge in [-0.1, -0.05) is 38.0 Å². The highest BCUT2D eigenvalue weighted by Gasteiger charge is 2.06. The molecule has 86 valence electrons. The zero-order valence-corrected chi connectivity index (χ0v) is 9.70. The maximum absolute atomic E-state index is 11.4. The molecule has 0 aliphatic carbocycles. The van der Waals surface area contributed by atoms with Gasteiger partial charge in [0.25, 0.3) is 0 Å². The van der Waals surface area contributed by atoms with Gasteiger partial charge in [0, 0.05) is 18.7 Å². The Kier molecular flexibility index (Phi) is 8.78. The van der Waals surface area contributed by atoms with Gasteiger partial charge in [0.1, 0.15) is 0 Å². The van der Waals surface area contributed by atoms with E-state index in [1.54, 1.807) is 6.08 Å². The molecule has 0 spiro atoms. The van der Waals surface area contributed by atoms with Crippen LogP contribution in [-0.4, -0.2) is 18.5 Å². The Morgan fingerprint density at radius 3 is 2.73 bits per heavy atom. The van der Waals surface area contributed by atoms with Crippen molar-refractivity contribution in [2.45, 2.75) is 39.2 Å². The van der Waals surface area contributed by atoms with Crippen LogP contribution in [0.25, 0.3) is 0 Å². The Hall–Kier alpha value is -1.09. The predicted molar refractivity (Wildman–Crippen MR) is 64.5 cm³/mol. The number of nitrogens with two attached hydrogens (primary N) is 1. The smallest absolute Gasteiger partial charge is 0.244 e. The van der Waals surface area contributed by atoms with Gasteiger partial charge in [-0.25, -0.2) is 0 Å². The number of rotatable bonds is 7. The lowest BCUT2D eigenvalue weighted by molar-refractivity contribution is -0.117. The van der Waals surface area contributed by atoms with E-state index in [-0.39, 0.29) is 11.9 Å². The van der Waals surface area contributed by atoms with E-state index >= 15 is 0 Å². The third-order valence-corrected chi connectivity index (χ3v) is 2.09. The summed E-state index contributed by atoms with van der Waals surface area (Å²) in [5, 5.41) is 2.88. The van der Waals surface area contributed by atoms with Crippen LogP contribution in [0.2, 0.25) is 0 Å². The molecule has 0 heterocycles. The predicted octanol–water partition coefficient (Wildman–Crippen LogP) is 1.75. The Morgan fingerprint density at radius 2 is 2.20 bits per heavy atom. The summed E-state index contributed by atoms with van der Waals surface area (Å²) in [6.45, 7) is 4.54. The summed E-state index contributed by atoms with van der Waals surface area (Å²) < 4.78 is 0. The fraction of sp³-hybridized carbons (Fsp3) is 0.583. The Labute approximate surface area is 92.4 Å². The molecule has 0 aromatic heterocycles. The minimum atomic E-state index is -0.0698. The summed E-state index contributed by atoms with van der Waals surface area (Å²) >= 11 is 0. The molecule has 0 radical (unpaired) electrons. The Balaban J connectivity index is 3.89. The second-order valence-electron chi connectivity index (χ2n) is 3.47. The number of allylic oxidation sites excluding steroid dienone is 3. The molecule has 0 aromatic rings. The molecule has 3 N–H and O–H groups in total. The third-order valence-electron chi connectivity index (χ3n) is 2.09. The van der Waals surface area contributed by atoms with E-state index in [2.05, 4.69) is 12.2 Å². The first-order valence-electron chi connectivity index (χ1n) is 5.54. The van der Waals surface area contributed by atoms with Crippen molar-refractivity contribution in [1.29, 1.82) is 0 Å². The molecule has 0 rings (SSSR count). The second kappa shape index (κ2) is 9.46. The van der Waals surface area contributed by atoms with Gasteiger partial charge >= 0.3 is 0 Å². The largest absolute Gasteiger partial charge is 0.349 e. The molecule has 0 bridgehead atoms. The second-order valence-corrected chi connectivity index (χ2v) is 3.47. The Bertz CT molecular complexity index is 222. The van der Waals surface area contributed by atoms with Gasteiger partial charge in [0.15, 0.2) is 0 Å². The number of nitrogens with one attached hydrogen (secondary N) is 1. The molecule has 1 unspecified atom stereocenters. The van der Waals surface area contributed by atoms with Crippen LogP contribution in [-0.2, 0) is 4.79 Å². The SMILES string of the molecule is CC=C/C=C/C(=O)NC(CN)CCCC. The summed E-state index contributed by atoms with van der Waals surface area (Å²) in [7, 11) is 0. The summed E-state index contributed by atoms with van der Waals surface area (Å²) in [6.07, 6.45) is 10.1. The maximum atomic E-state index is 11.4. The minimum Gasteiger partial charge on any atom is -0.349 e. The quantitative estimate of drug-likeness (QED) is 0.497. The third kappa shape index (κ3) is 7.94. The van der Waals surface area contributed by atoms with Gasteiger partial charge in [-0.05, 0) is 13.3 Å². The van der Waals surface area contributed by atoms with E-state index in [0.717, 1.165) is 19.3 Å². The molecule has 1 atom stereocenters. The van der Waals surface area contributed by atoms with Gasteiger partial charge in [-0.15, -0.1) is 0 Å². The van der Waals surface area contributed by atoms with E-state index < -0.39 is 0 Å². The molecule has 0 saturated carbocycles. The zero-order valence-electron chi connectivity index (χ0n) is 9.70. The van der Waals surface area contributed by atoms with Gasteiger partial charge in [-0.2, -0.15) is 0 Å². The van der Waals surface area contributed by atoms with E-state index in [9.17, 15) is 4.79 Å². The minimum absolute atomic E-state index is 0.0698. The first kappa shape index (κ1) is 13.9.